The first-order valence-corrected chi connectivity index (χ1v) is 7.01. The zero-order chi connectivity index (χ0) is 13.8. The topological polar surface area (TPSA) is 75.4 Å². The highest BCUT2D eigenvalue weighted by atomic mass is 16.3. The molecule has 1 aromatic rings. The van der Waals surface area contributed by atoms with Gasteiger partial charge in [-0.25, -0.2) is 0 Å². The van der Waals surface area contributed by atoms with Gasteiger partial charge in [0, 0.05) is 11.6 Å². The number of hydrogen-bond donors (Lipinski definition) is 3. The van der Waals surface area contributed by atoms with Crippen LogP contribution in [-0.4, -0.2) is 17.1 Å². The van der Waals surface area contributed by atoms with Crippen LogP contribution in [0.15, 0.2) is 18.2 Å². The van der Waals surface area contributed by atoms with Crippen molar-refractivity contribution in [3.8, 4) is 5.75 Å². The zero-order valence-corrected chi connectivity index (χ0v) is 11.4. The largest absolute Gasteiger partial charge is 0.506 e. The molecule has 1 aliphatic rings. The number of rotatable bonds is 3. The van der Waals surface area contributed by atoms with Gasteiger partial charge in [-0.1, -0.05) is 26.2 Å². The van der Waals surface area contributed by atoms with Crippen molar-refractivity contribution in [2.24, 2.45) is 5.92 Å². The average molecular weight is 262 g/mol. The minimum atomic E-state index is -0.124. The number of aromatic hydroxyl groups is 1. The van der Waals surface area contributed by atoms with E-state index in [0.29, 0.717) is 17.2 Å². The molecule has 1 fully saturated rings. The van der Waals surface area contributed by atoms with Crippen LogP contribution in [0.2, 0.25) is 0 Å². The van der Waals surface area contributed by atoms with E-state index in [1.807, 2.05) is 0 Å². The summed E-state index contributed by atoms with van der Waals surface area (Å²) < 4.78 is 0. The number of benzene rings is 1. The lowest BCUT2D eigenvalue weighted by Gasteiger charge is -2.31. The van der Waals surface area contributed by atoms with E-state index in [-0.39, 0.29) is 17.7 Å². The van der Waals surface area contributed by atoms with Crippen LogP contribution in [0, 0.1) is 5.92 Å². The first-order valence-electron chi connectivity index (χ1n) is 7.01. The molecule has 0 bridgehead atoms. The van der Waals surface area contributed by atoms with Crippen LogP contribution in [-0.2, 0) is 0 Å². The van der Waals surface area contributed by atoms with Crippen molar-refractivity contribution in [2.75, 3.05) is 5.73 Å². The Balaban J connectivity index is 2.05. The third kappa shape index (κ3) is 3.19. The molecule has 0 aliphatic heterocycles. The Bertz CT molecular complexity index is 459. The maximum Gasteiger partial charge on any atom is 0.251 e. The lowest BCUT2D eigenvalue weighted by Crippen LogP contribution is -2.41. The third-order valence-electron chi connectivity index (χ3n) is 4.04. The molecule has 0 heterocycles. The zero-order valence-electron chi connectivity index (χ0n) is 11.4. The van der Waals surface area contributed by atoms with Gasteiger partial charge < -0.3 is 16.2 Å². The van der Waals surface area contributed by atoms with E-state index in [4.69, 9.17) is 5.73 Å². The molecule has 4 nitrogen and oxygen atoms in total. The molecule has 1 aromatic carbocycles. The predicted octanol–water partition coefficient (Wildman–Crippen LogP) is 2.67. The van der Waals surface area contributed by atoms with E-state index in [9.17, 15) is 9.90 Å². The highest BCUT2D eigenvalue weighted by molar-refractivity contribution is 5.95. The molecule has 1 saturated carbocycles. The van der Waals surface area contributed by atoms with Crippen molar-refractivity contribution in [1.82, 2.24) is 5.32 Å². The molecule has 4 N–H and O–H groups in total. The monoisotopic (exact) mass is 262 g/mol. The molecule has 0 spiro atoms. The summed E-state index contributed by atoms with van der Waals surface area (Å²) in [7, 11) is 0. The summed E-state index contributed by atoms with van der Waals surface area (Å²) in [4.78, 5) is 12.2. The molecule has 0 aromatic heterocycles. The van der Waals surface area contributed by atoms with Gasteiger partial charge >= 0.3 is 0 Å². The van der Waals surface area contributed by atoms with Gasteiger partial charge in [0.15, 0.2) is 0 Å². The quantitative estimate of drug-likeness (QED) is 0.579. The fourth-order valence-corrected chi connectivity index (χ4v) is 2.82. The number of phenols is 1. The third-order valence-corrected chi connectivity index (χ3v) is 4.04. The van der Waals surface area contributed by atoms with Gasteiger partial charge in [-0.2, -0.15) is 0 Å². The smallest absolute Gasteiger partial charge is 0.251 e. The fourth-order valence-electron chi connectivity index (χ4n) is 2.82. The minimum Gasteiger partial charge on any atom is -0.506 e. The number of anilines is 1. The first-order chi connectivity index (χ1) is 9.11. The number of carbonyl (C=O) groups is 1. The second-order valence-electron chi connectivity index (χ2n) is 5.31. The van der Waals surface area contributed by atoms with Crippen LogP contribution < -0.4 is 11.1 Å². The fraction of sp³-hybridized carbons (Fsp3) is 0.533. The molecule has 4 heteroatoms. The molecule has 2 rings (SSSR count). The normalized spacial score (nSPS) is 23.0. The summed E-state index contributed by atoms with van der Waals surface area (Å²) in [6.07, 6.45) is 5.76. The minimum absolute atomic E-state index is 0.0386. The van der Waals surface area contributed by atoms with E-state index in [1.165, 1.54) is 25.3 Å². The van der Waals surface area contributed by atoms with E-state index < -0.39 is 0 Å². The second-order valence-corrected chi connectivity index (χ2v) is 5.31. The van der Waals surface area contributed by atoms with Crippen LogP contribution in [0.4, 0.5) is 5.69 Å². The average Bonchev–Trinajstić information content (AvgIpc) is 2.42. The van der Waals surface area contributed by atoms with Gasteiger partial charge in [-0.15, -0.1) is 0 Å². The first kappa shape index (κ1) is 13.7. The van der Waals surface area contributed by atoms with E-state index in [0.717, 1.165) is 12.8 Å². The SMILES string of the molecule is CCC1CCCCC1NC(=O)c1ccc(N)c(O)c1. The maximum absolute atomic E-state index is 12.2. The highest BCUT2D eigenvalue weighted by Gasteiger charge is 2.25. The van der Waals surface area contributed by atoms with E-state index in [2.05, 4.69) is 12.2 Å². The number of nitrogens with two attached hydrogens (primary N) is 1. The predicted molar refractivity (Wildman–Crippen MR) is 76.0 cm³/mol. The molecule has 104 valence electrons. The van der Waals surface area contributed by atoms with Crippen LogP contribution in [0.25, 0.3) is 0 Å². The van der Waals surface area contributed by atoms with Gasteiger partial charge in [0.05, 0.1) is 5.69 Å². The Kier molecular flexibility index (Phi) is 4.30. The Morgan fingerprint density at radius 2 is 2.16 bits per heavy atom. The van der Waals surface area contributed by atoms with Gasteiger partial charge in [0.2, 0.25) is 0 Å². The van der Waals surface area contributed by atoms with Crippen molar-refractivity contribution in [2.45, 2.75) is 45.1 Å². The van der Waals surface area contributed by atoms with Crippen molar-refractivity contribution < 1.29 is 9.90 Å². The Labute approximate surface area is 114 Å². The molecular weight excluding hydrogens is 240 g/mol. The van der Waals surface area contributed by atoms with Crippen molar-refractivity contribution >= 4 is 11.6 Å². The van der Waals surface area contributed by atoms with E-state index in [1.54, 1.807) is 12.1 Å². The van der Waals surface area contributed by atoms with Gasteiger partial charge in [0.25, 0.3) is 5.91 Å². The summed E-state index contributed by atoms with van der Waals surface area (Å²) >= 11 is 0. The summed E-state index contributed by atoms with van der Waals surface area (Å²) in [6, 6.07) is 4.89. The summed E-state index contributed by atoms with van der Waals surface area (Å²) in [6.45, 7) is 2.17. The molecule has 0 radical (unpaired) electrons. The van der Waals surface area contributed by atoms with Gasteiger partial charge in [-0.05, 0) is 37.0 Å². The number of nitrogens with one attached hydrogen (secondary N) is 1. The summed E-state index contributed by atoms with van der Waals surface area (Å²) in [5.74, 6) is 0.407. The molecule has 2 atom stereocenters. The Morgan fingerprint density at radius 3 is 2.84 bits per heavy atom. The van der Waals surface area contributed by atoms with Gasteiger partial charge in [-0.3, -0.25) is 4.79 Å². The van der Waals surface area contributed by atoms with Gasteiger partial charge in [0.1, 0.15) is 5.75 Å². The summed E-state index contributed by atoms with van der Waals surface area (Å²) in [5, 5.41) is 12.6. The lowest BCUT2D eigenvalue weighted by atomic mass is 9.83. The molecule has 1 aliphatic carbocycles. The number of hydrogen-bond acceptors (Lipinski definition) is 3. The highest BCUT2D eigenvalue weighted by Crippen LogP contribution is 2.27. The molecule has 0 saturated heterocycles. The number of amides is 1. The Hall–Kier alpha value is -1.71. The van der Waals surface area contributed by atoms with Crippen molar-refractivity contribution in [3.05, 3.63) is 23.8 Å². The van der Waals surface area contributed by atoms with Crippen LogP contribution in [0.5, 0.6) is 5.75 Å². The molecular formula is C15H22N2O2. The maximum atomic E-state index is 12.2. The van der Waals surface area contributed by atoms with E-state index >= 15 is 0 Å². The summed E-state index contributed by atoms with van der Waals surface area (Å²) in [5.41, 5.74) is 6.29. The number of carbonyl (C=O) groups excluding carboxylic acids is 1. The Morgan fingerprint density at radius 1 is 1.42 bits per heavy atom. The molecule has 2 unspecified atom stereocenters. The molecule has 19 heavy (non-hydrogen) atoms. The number of phenolic OH excluding ortho intramolecular Hbond substituents is 1. The van der Waals surface area contributed by atoms with Crippen molar-refractivity contribution in [3.63, 3.8) is 0 Å². The molecule has 1 amide bonds. The van der Waals surface area contributed by atoms with Crippen LogP contribution in [0.1, 0.15) is 49.4 Å². The lowest BCUT2D eigenvalue weighted by molar-refractivity contribution is 0.0904. The number of nitrogen functional groups attached to an aromatic ring is 1. The second kappa shape index (κ2) is 5.95. The van der Waals surface area contributed by atoms with Crippen LogP contribution >= 0.6 is 0 Å². The van der Waals surface area contributed by atoms with Crippen LogP contribution in [0.3, 0.4) is 0 Å². The van der Waals surface area contributed by atoms with Crippen molar-refractivity contribution in [1.29, 1.82) is 0 Å². The standard InChI is InChI=1S/C15H22N2O2/c1-2-10-5-3-4-6-13(10)17-15(19)11-7-8-12(16)14(18)9-11/h7-10,13,18H,2-6,16H2,1H3,(H,17,19).